The van der Waals surface area contributed by atoms with E-state index in [1.54, 1.807) is 23.6 Å². The van der Waals surface area contributed by atoms with Gasteiger partial charge in [-0.25, -0.2) is 9.37 Å². The summed E-state index contributed by atoms with van der Waals surface area (Å²) in [4.78, 5) is 17.9. The number of halogens is 2. The molecule has 124 valence electrons. The lowest BCUT2D eigenvalue weighted by molar-refractivity contribution is -0.113. The van der Waals surface area contributed by atoms with Gasteiger partial charge in [-0.1, -0.05) is 11.6 Å². The first-order valence-corrected chi connectivity index (χ1v) is 8.76. The van der Waals surface area contributed by atoms with E-state index in [9.17, 15) is 9.18 Å². The molecule has 1 aliphatic heterocycles. The summed E-state index contributed by atoms with van der Waals surface area (Å²) in [5.41, 5.74) is 1.47. The third-order valence-electron chi connectivity index (χ3n) is 3.12. The van der Waals surface area contributed by atoms with Crippen molar-refractivity contribution >= 4 is 52.4 Å². The molecule has 0 aliphatic carbocycles. The van der Waals surface area contributed by atoms with Crippen LogP contribution in [0.2, 0.25) is 5.02 Å². The number of allylic oxidation sites excluding steroid dienone is 1. The molecule has 0 spiro atoms. The van der Waals surface area contributed by atoms with Crippen LogP contribution in [-0.4, -0.2) is 28.0 Å². The first-order valence-electron chi connectivity index (χ1n) is 6.84. The van der Waals surface area contributed by atoms with Gasteiger partial charge in [0, 0.05) is 23.8 Å². The third-order valence-corrected chi connectivity index (χ3v) is 5.07. The minimum absolute atomic E-state index is 0.0475. The van der Waals surface area contributed by atoms with Crippen molar-refractivity contribution in [3.05, 3.63) is 56.9 Å². The first-order chi connectivity index (χ1) is 11.4. The fourth-order valence-corrected chi connectivity index (χ4v) is 3.48. The van der Waals surface area contributed by atoms with Gasteiger partial charge in [0.25, 0.3) is 5.91 Å². The highest BCUT2D eigenvalue weighted by atomic mass is 35.5. The van der Waals surface area contributed by atoms with Crippen LogP contribution in [0.5, 0.6) is 0 Å². The van der Waals surface area contributed by atoms with Crippen molar-refractivity contribution in [3.63, 3.8) is 0 Å². The van der Waals surface area contributed by atoms with E-state index in [0.29, 0.717) is 17.1 Å². The van der Waals surface area contributed by atoms with E-state index in [1.165, 1.54) is 29.5 Å². The van der Waals surface area contributed by atoms with Gasteiger partial charge in [0.05, 0.1) is 17.2 Å². The number of hydrogen-bond donors (Lipinski definition) is 1. The molecule has 0 atom stereocenters. The molecule has 0 bridgehead atoms. The molecular formula is C15H12ClFN4OS2. The smallest absolute Gasteiger partial charge is 0.272 e. The Morgan fingerprint density at radius 2 is 2.21 bits per heavy atom. The van der Waals surface area contributed by atoms with Crippen molar-refractivity contribution in [2.75, 3.05) is 12.4 Å². The van der Waals surface area contributed by atoms with Gasteiger partial charge in [0.1, 0.15) is 22.2 Å². The van der Waals surface area contributed by atoms with Gasteiger partial charge in [-0.15, -0.1) is 11.3 Å². The molecule has 0 fully saturated rings. The number of aryl methyl sites for hydroxylation is 1. The highest BCUT2D eigenvalue weighted by Crippen LogP contribution is 2.27. The van der Waals surface area contributed by atoms with Crippen molar-refractivity contribution in [2.45, 2.75) is 6.92 Å². The van der Waals surface area contributed by atoms with Crippen molar-refractivity contribution in [1.29, 1.82) is 0 Å². The van der Waals surface area contributed by atoms with Gasteiger partial charge < -0.3 is 5.32 Å². The zero-order chi connectivity index (χ0) is 17.3. The van der Waals surface area contributed by atoms with Crippen molar-refractivity contribution < 1.29 is 9.18 Å². The fourth-order valence-electron chi connectivity index (χ4n) is 1.95. The fraction of sp³-hybridized carbons (Fsp3) is 0.133. The molecule has 1 aromatic carbocycles. The number of amides is 1. The summed E-state index contributed by atoms with van der Waals surface area (Å²) >= 11 is 8.40. The molecule has 0 saturated heterocycles. The van der Waals surface area contributed by atoms with Crippen LogP contribution in [0, 0.1) is 12.7 Å². The van der Waals surface area contributed by atoms with Gasteiger partial charge >= 0.3 is 0 Å². The lowest BCUT2D eigenvalue weighted by Crippen LogP contribution is -2.26. The Bertz CT molecular complexity index is 865. The molecular weight excluding hydrogens is 371 g/mol. The molecule has 9 heteroatoms. The molecule has 5 nitrogen and oxygen atoms in total. The quantitative estimate of drug-likeness (QED) is 0.813. The van der Waals surface area contributed by atoms with Crippen LogP contribution in [0.3, 0.4) is 0 Å². The Balaban J connectivity index is 1.83. The van der Waals surface area contributed by atoms with Gasteiger partial charge in [-0.3, -0.25) is 9.10 Å². The van der Waals surface area contributed by atoms with E-state index < -0.39 is 5.82 Å². The predicted octanol–water partition coefficient (Wildman–Crippen LogP) is 4.06. The normalized spacial score (nSPS) is 14.2. The lowest BCUT2D eigenvalue weighted by Gasteiger charge is -2.21. The number of nitrogens with zero attached hydrogens (tertiary/aromatic N) is 3. The number of anilines is 1. The number of rotatable bonds is 3. The minimum atomic E-state index is -0.534. The van der Waals surface area contributed by atoms with Crippen LogP contribution < -0.4 is 5.32 Å². The maximum atomic E-state index is 13.2. The number of likely N-dealkylation sites (N-methyl/N-ethyl adjacent to an activating group) is 1. The molecule has 0 unspecified atom stereocenters. The van der Waals surface area contributed by atoms with E-state index in [1.807, 2.05) is 6.92 Å². The summed E-state index contributed by atoms with van der Waals surface area (Å²) in [5, 5.41) is 3.41. The van der Waals surface area contributed by atoms with E-state index >= 15 is 0 Å². The molecule has 0 radical (unpaired) electrons. The Labute approximate surface area is 151 Å². The van der Waals surface area contributed by atoms with Crippen LogP contribution in [0.25, 0.3) is 0 Å². The standard InChI is InChI=1S/C15H12ClFN4OS2/c1-8-7-18-15(23-8)12-6-13(21(2)24-20-12)14(22)19-9-3-4-11(17)10(16)5-9/h3-7H,1-2H3,(H,19,22). The second kappa shape index (κ2) is 6.92. The summed E-state index contributed by atoms with van der Waals surface area (Å²) in [5.74, 6) is -0.874. The molecule has 2 heterocycles. The zero-order valence-electron chi connectivity index (χ0n) is 12.7. The van der Waals surface area contributed by atoms with Gasteiger partial charge in [0.15, 0.2) is 0 Å². The number of benzene rings is 1. The largest absolute Gasteiger partial charge is 0.321 e. The van der Waals surface area contributed by atoms with Gasteiger partial charge in [0.2, 0.25) is 0 Å². The van der Waals surface area contributed by atoms with Crippen molar-refractivity contribution in [3.8, 4) is 0 Å². The molecule has 1 aromatic heterocycles. The number of carbonyl (C=O) groups is 1. The van der Waals surface area contributed by atoms with Gasteiger partial charge in [-0.2, -0.15) is 4.40 Å². The third kappa shape index (κ3) is 3.61. The van der Waals surface area contributed by atoms with Gasteiger partial charge in [-0.05, 0) is 31.2 Å². The Kier molecular flexibility index (Phi) is 4.88. The lowest BCUT2D eigenvalue weighted by atomic mass is 10.2. The number of thiazole rings is 1. The summed E-state index contributed by atoms with van der Waals surface area (Å²) in [7, 11) is 1.74. The molecule has 2 aromatic rings. The molecule has 1 aliphatic rings. The summed E-state index contributed by atoms with van der Waals surface area (Å²) in [6.07, 6.45) is 3.44. The number of nitrogens with one attached hydrogen (secondary N) is 1. The second-order valence-corrected chi connectivity index (χ2v) is 7.48. The van der Waals surface area contributed by atoms with E-state index in [4.69, 9.17) is 11.6 Å². The molecule has 24 heavy (non-hydrogen) atoms. The summed E-state index contributed by atoms with van der Waals surface area (Å²) in [6, 6.07) is 4.02. The average molecular weight is 383 g/mol. The van der Waals surface area contributed by atoms with Crippen LogP contribution in [0.1, 0.15) is 9.88 Å². The van der Waals surface area contributed by atoms with Crippen LogP contribution in [0.15, 0.2) is 40.6 Å². The van der Waals surface area contributed by atoms with Crippen molar-refractivity contribution in [2.24, 2.45) is 4.40 Å². The number of aromatic nitrogens is 1. The van der Waals surface area contributed by atoms with E-state index in [2.05, 4.69) is 14.7 Å². The van der Waals surface area contributed by atoms with Crippen LogP contribution in [0.4, 0.5) is 10.1 Å². The maximum Gasteiger partial charge on any atom is 0.272 e. The Morgan fingerprint density at radius 1 is 1.42 bits per heavy atom. The number of carbonyl (C=O) groups excluding carboxylic acids is 1. The van der Waals surface area contributed by atoms with E-state index in [-0.39, 0.29) is 10.9 Å². The Hall–Kier alpha value is -1.90. The minimum Gasteiger partial charge on any atom is -0.321 e. The Morgan fingerprint density at radius 3 is 2.88 bits per heavy atom. The summed E-state index contributed by atoms with van der Waals surface area (Å²) < 4.78 is 19.2. The van der Waals surface area contributed by atoms with Crippen LogP contribution in [-0.2, 0) is 4.79 Å². The molecule has 1 N–H and O–H groups in total. The topological polar surface area (TPSA) is 57.6 Å². The first kappa shape index (κ1) is 16.9. The van der Waals surface area contributed by atoms with E-state index in [0.717, 1.165) is 22.0 Å². The van der Waals surface area contributed by atoms with Crippen molar-refractivity contribution in [1.82, 2.24) is 9.29 Å². The zero-order valence-corrected chi connectivity index (χ0v) is 15.1. The number of hydrogen-bond acceptors (Lipinski definition) is 6. The average Bonchev–Trinajstić information content (AvgIpc) is 2.98. The SMILES string of the molecule is Cc1cnc(C2=NSN(C)C(C(=O)Nc3ccc(F)c(Cl)c3)=C2)s1. The second-order valence-electron chi connectivity index (χ2n) is 4.94. The molecule has 1 amide bonds. The highest BCUT2D eigenvalue weighted by molar-refractivity contribution is 7.96. The molecule has 0 saturated carbocycles. The highest BCUT2D eigenvalue weighted by Gasteiger charge is 2.22. The molecule has 3 rings (SSSR count). The monoisotopic (exact) mass is 382 g/mol. The maximum absolute atomic E-state index is 13.2. The van der Waals surface area contributed by atoms with Crippen LogP contribution >= 0.6 is 35.1 Å². The predicted molar refractivity (Wildman–Crippen MR) is 96.9 cm³/mol. The summed E-state index contributed by atoms with van der Waals surface area (Å²) in [6.45, 7) is 1.96.